The minimum absolute atomic E-state index is 0.132. The number of hydrogen-bond acceptors (Lipinski definition) is 3. The van der Waals surface area contributed by atoms with Crippen LogP contribution in [-0.4, -0.2) is 47.0 Å². The molecule has 3 aliphatic rings. The van der Waals surface area contributed by atoms with Gasteiger partial charge in [0.2, 0.25) is 0 Å². The van der Waals surface area contributed by atoms with Crippen LogP contribution in [0.3, 0.4) is 0 Å². The van der Waals surface area contributed by atoms with Crippen molar-refractivity contribution in [1.82, 2.24) is 4.90 Å². The van der Waals surface area contributed by atoms with E-state index in [0.717, 1.165) is 12.8 Å². The third-order valence-electron chi connectivity index (χ3n) is 7.39. The van der Waals surface area contributed by atoms with Gasteiger partial charge in [-0.15, -0.1) is 11.8 Å². The van der Waals surface area contributed by atoms with E-state index in [-0.39, 0.29) is 17.9 Å². The maximum Gasteiger partial charge on any atom is 0.0755 e. The molecule has 162 valence electrons. The summed E-state index contributed by atoms with van der Waals surface area (Å²) in [5.74, 6) is 7.45. The normalized spacial score (nSPS) is 33.2. The summed E-state index contributed by atoms with van der Waals surface area (Å²) in [5.41, 5.74) is 1.61. The van der Waals surface area contributed by atoms with Crippen LogP contribution in [0.4, 0.5) is 0 Å². The smallest absolute Gasteiger partial charge is 0.0755 e. The van der Waals surface area contributed by atoms with Gasteiger partial charge in [0.15, 0.2) is 0 Å². The van der Waals surface area contributed by atoms with E-state index in [1.54, 1.807) is 5.57 Å². The van der Waals surface area contributed by atoms with Gasteiger partial charge in [0, 0.05) is 12.3 Å². The lowest BCUT2D eigenvalue weighted by atomic mass is 9.89. The van der Waals surface area contributed by atoms with E-state index in [9.17, 15) is 10.2 Å². The third kappa shape index (κ3) is 6.45. The molecular formula is C26H41NO2. The molecule has 1 heterocycles. The minimum Gasteiger partial charge on any atom is -0.392 e. The summed E-state index contributed by atoms with van der Waals surface area (Å²) < 4.78 is 0. The molecule has 2 aliphatic carbocycles. The summed E-state index contributed by atoms with van der Waals surface area (Å²) in [4.78, 5) is 2.61. The molecule has 0 unspecified atom stereocenters. The van der Waals surface area contributed by atoms with E-state index < -0.39 is 6.10 Å². The highest BCUT2D eigenvalue weighted by atomic mass is 16.3. The zero-order valence-electron chi connectivity index (χ0n) is 18.5. The summed E-state index contributed by atoms with van der Waals surface area (Å²) in [7, 11) is 0. The third-order valence-corrected chi connectivity index (χ3v) is 7.39. The van der Waals surface area contributed by atoms with Gasteiger partial charge >= 0.3 is 0 Å². The molecule has 3 nitrogen and oxygen atoms in total. The number of hydrogen-bond donors (Lipinski definition) is 2. The number of allylic oxidation sites excluding steroid dienone is 2. The molecule has 0 bridgehead atoms. The Hall–Kier alpha value is -1.08. The summed E-state index contributed by atoms with van der Waals surface area (Å²) >= 11 is 0. The van der Waals surface area contributed by atoms with Crippen molar-refractivity contribution >= 4 is 0 Å². The van der Waals surface area contributed by atoms with E-state index in [1.165, 1.54) is 58.2 Å². The van der Waals surface area contributed by atoms with Crippen molar-refractivity contribution in [2.24, 2.45) is 23.7 Å². The maximum atomic E-state index is 10.5. The number of unbranched alkanes of at least 4 members (excludes halogenated alkanes) is 2. The lowest BCUT2D eigenvalue weighted by Crippen LogP contribution is -2.20. The molecular weight excluding hydrogens is 358 g/mol. The molecule has 0 aromatic heterocycles. The fourth-order valence-corrected chi connectivity index (χ4v) is 5.55. The van der Waals surface area contributed by atoms with Crippen LogP contribution in [0.2, 0.25) is 0 Å². The molecule has 29 heavy (non-hydrogen) atoms. The molecule has 0 aromatic carbocycles. The Morgan fingerprint density at radius 1 is 1.21 bits per heavy atom. The molecule has 3 heteroatoms. The van der Waals surface area contributed by atoms with Gasteiger partial charge in [-0.3, -0.25) is 0 Å². The van der Waals surface area contributed by atoms with Gasteiger partial charge < -0.3 is 15.1 Å². The highest BCUT2D eigenvalue weighted by molar-refractivity contribution is 5.18. The Morgan fingerprint density at radius 2 is 2.00 bits per heavy atom. The minimum atomic E-state index is -0.478. The SMILES string of the molecule is CC#CC[C@H](C)[C@@H](O)/C=C/[C@@H]1[C@H]2CC(=CCCCCN3CCCC3)C[C@H]2C[C@H]1O. The number of rotatable bonds is 9. The number of fused-ring (bicyclic) bond motifs is 1. The summed E-state index contributed by atoms with van der Waals surface area (Å²) in [6.07, 6.45) is 16.3. The summed E-state index contributed by atoms with van der Waals surface area (Å²) in [6, 6.07) is 0. The molecule has 0 amide bonds. The van der Waals surface area contributed by atoms with E-state index in [1.807, 2.05) is 19.9 Å². The quantitative estimate of drug-likeness (QED) is 0.339. The van der Waals surface area contributed by atoms with Gasteiger partial charge in [0.25, 0.3) is 0 Å². The second-order valence-corrected chi connectivity index (χ2v) is 9.60. The van der Waals surface area contributed by atoms with E-state index >= 15 is 0 Å². The summed E-state index contributed by atoms with van der Waals surface area (Å²) in [5, 5.41) is 20.9. The first-order chi connectivity index (χ1) is 14.1. The monoisotopic (exact) mass is 399 g/mol. The van der Waals surface area contributed by atoms with Crippen LogP contribution in [0, 0.1) is 35.5 Å². The van der Waals surface area contributed by atoms with Crippen molar-refractivity contribution in [2.45, 2.75) is 83.8 Å². The fourth-order valence-electron chi connectivity index (χ4n) is 5.55. The van der Waals surface area contributed by atoms with Crippen LogP contribution >= 0.6 is 0 Å². The van der Waals surface area contributed by atoms with Crippen LogP contribution in [0.1, 0.15) is 71.6 Å². The van der Waals surface area contributed by atoms with Crippen LogP contribution in [0.25, 0.3) is 0 Å². The van der Waals surface area contributed by atoms with Crippen molar-refractivity contribution in [3.63, 3.8) is 0 Å². The molecule has 6 atom stereocenters. The maximum absolute atomic E-state index is 10.5. The Labute approximate surface area is 178 Å². The zero-order chi connectivity index (χ0) is 20.6. The Balaban J connectivity index is 1.43. The second kappa shape index (κ2) is 11.3. The number of nitrogens with zero attached hydrogens (tertiary/aromatic N) is 1. The topological polar surface area (TPSA) is 43.7 Å². The molecule has 2 saturated carbocycles. The lowest BCUT2D eigenvalue weighted by molar-refractivity contribution is 0.137. The van der Waals surface area contributed by atoms with E-state index in [2.05, 4.69) is 28.9 Å². The first kappa shape index (κ1) is 22.6. The highest BCUT2D eigenvalue weighted by Gasteiger charge is 2.44. The Kier molecular flexibility index (Phi) is 8.85. The van der Waals surface area contributed by atoms with Crippen LogP contribution in [0.5, 0.6) is 0 Å². The van der Waals surface area contributed by atoms with Gasteiger partial charge in [-0.05, 0) is 95.7 Å². The lowest BCUT2D eigenvalue weighted by Gasteiger charge is -2.19. The van der Waals surface area contributed by atoms with Crippen molar-refractivity contribution < 1.29 is 10.2 Å². The number of likely N-dealkylation sites (tertiary alicyclic amines) is 1. The summed E-state index contributed by atoms with van der Waals surface area (Å²) in [6.45, 7) is 7.76. The molecule has 1 aliphatic heterocycles. The van der Waals surface area contributed by atoms with Crippen molar-refractivity contribution in [2.75, 3.05) is 19.6 Å². The van der Waals surface area contributed by atoms with Crippen LogP contribution in [0.15, 0.2) is 23.8 Å². The average molecular weight is 400 g/mol. The Morgan fingerprint density at radius 3 is 2.76 bits per heavy atom. The standard InChI is InChI=1S/C26H41NO2/c1-3-4-10-20(2)25(28)13-12-23-24-18-21(17-22(24)19-26(23)29)11-6-5-7-14-27-15-8-9-16-27/h11-13,20,22-26,28-29H,5-10,14-19H2,1-2H3/b13-12+,21-11?/t20-,22-,23+,24-,25-,26+/m0/s1. The number of aliphatic hydroxyl groups is 2. The molecule has 0 spiro atoms. The van der Waals surface area contributed by atoms with Gasteiger partial charge in [0.1, 0.15) is 0 Å². The van der Waals surface area contributed by atoms with Crippen LogP contribution < -0.4 is 0 Å². The van der Waals surface area contributed by atoms with Crippen molar-refractivity contribution in [1.29, 1.82) is 0 Å². The van der Waals surface area contributed by atoms with Gasteiger partial charge in [-0.2, -0.15) is 0 Å². The second-order valence-electron chi connectivity index (χ2n) is 9.60. The predicted molar refractivity (Wildman–Crippen MR) is 120 cm³/mol. The number of aliphatic hydroxyl groups excluding tert-OH is 2. The highest BCUT2D eigenvalue weighted by Crippen LogP contribution is 2.50. The van der Waals surface area contributed by atoms with Gasteiger partial charge in [0.05, 0.1) is 12.2 Å². The molecule has 0 aromatic rings. The predicted octanol–water partition coefficient (Wildman–Crippen LogP) is 4.55. The van der Waals surface area contributed by atoms with E-state index in [4.69, 9.17) is 0 Å². The Bertz CT molecular complexity index is 622. The molecule has 2 N–H and O–H groups in total. The molecule has 3 rings (SSSR count). The first-order valence-corrected chi connectivity index (χ1v) is 11.9. The zero-order valence-corrected chi connectivity index (χ0v) is 18.5. The van der Waals surface area contributed by atoms with Gasteiger partial charge in [-0.1, -0.05) is 30.7 Å². The van der Waals surface area contributed by atoms with Crippen LogP contribution in [-0.2, 0) is 0 Å². The molecule has 1 saturated heterocycles. The van der Waals surface area contributed by atoms with Gasteiger partial charge in [-0.25, -0.2) is 0 Å². The average Bonchev–Trinajstić information content (AvgIpc) is 3.41. The molecule has 3 fully saturated rings. The van der Waals surface area contributed by atoms with Crippen molar-refractivity contribution in [3.05, 3.63) is 23.8 Å². The fraction of sp³-hybridized carbons (Fsp3) is 0.769. The van der Waals surface area contributed by atoms with E-state index in [0.29, 0.717) is 18.3 Å². The van der Waals surface area contributed by atoms with Crippen molar-refractivity contribution in [3.8, 4) is 11.8 Å². The molecule has 0 radical (unpaired) electrons. The first-order valence-electron chi connectivity index (χ1n) is 11.9. The largest absolute Gasteiger partial charge is 0.392 e.